The third-order valence-corrected chi connectivity index (χ3v) is 5.04. The number of amides is 3. The van der Waals surface area contributed by atoms with Crippen LogP contribution >= 0.6 is 0 Å². The van der Waals surface area contributed by atoms with Crippen LogP contribution in [0.2, 0.25) is 0 Å². The van der Waals surface area contributed by atoms with Gasteiger partial charge in [0.15, 0.2) is 12.3 Å². The lowest BCUT2D eigenvalue weighted by Gasteiger charge is -2.18. The SMILES string of the molecule is CC[C@@H](C)NC(=O)c1c[nH]c2c(C(=O)NCc3ccc4c(c3)NC(=O)CO4)ncnc12. The van der Waals surface area contributed by atoms with Gasteiger partial charge >= 0.3 is 0 Å². The zero-order chi connectivity index (χ0) is 22.0. The largest absolute Gasteiger partial charge is 0.482 e. The predicted octanol–water partition coefficient (Wildman–Crippen LogP) is 1.75. The number of hydrogen-bond donors (Lipinski definition) is 4. The molecule has 0 radical (unpaired) electrons. The minimum atomic E-state index is -0.416. The molecule has 1 aliphatic rings. The number of nitrogens with one attached hydrogen (secondary N) is 4. The van der Waals surface area contributed by atoms with Gasteiger partial charge in [0.05, 0.1) is 16.8 Å². The molecule has 10 nitrogen and oxygen atoms in total. The van der Waals surface area contributed by atoms with Crippen molar-refractivity contribution < 1.29 is 19.1 Å². The molecule has 4 N–H and O–H groups in total. The molecule has 31 heavy (non-hydrogen) atoms. The number of aromatic amines is 1. The predicted molar refractivity (Wildman–Crippen MR) is 113 cm³/mol. The van der Waals surface area contributed by atoms with Crippen LogP contribution in [0.3, 0.4) is 0 Å². The van der Waals surface area contributed by atoms with Crippen LogP contribution in [0.15, 0.2) is 30.7 Å². The summed E-state index contributed by atoms with van der Waals surface area (Å²) in [5.74, 6) is -0.316. The van der Waals surface area contributed by atoms with Crippen molar-refractivity contribution in [2.75, 3.05) is 11.9 Å². The molecule has 0 bridgehead atoms. The summed E-state index contributed by atoms with van der Waals surface area (Å²) in [7, 11) is 0. The number of nitrogens with zero attached hydrogens (tertiary/aromatic N) is 2. The quantitative estimate of drug-likeness (QED) is 0.477. The standard InChI is InChI=1S/C21H22N6O4/c1-3-11(2)26-20(29)13-8-22-18-17(13)24-10-25-19(18)21(30)23-7-12-4-5-15-14(6-12)27-16(28)9-31-15/h4-6,8,10-11,22H,3,7,9H2,1-2H3,(H,23,30)(H,26,29)(H,27,28)/t11-/m1/s1. The van der Waals surface area contributed by atoms with Gasteiger partial charge in [-0.1, -0.05) is 13.0 Å². The molecule has 2 aromatic heterocycles. The fraction of sp³-hybridized carbons (Fsp3) is 0.286. The molecule has 3 aromatic rings. The Morgan fingerprint density at radius 3 is 2.90 bits per heavy atom. The third-order valence-electron chi connectivity index (χ3n) is 5.04. The van der Waals surface area contributed by atoms with Gasteiger partial charge < -0.3 is 25.7 Å². The molecule has 0 aliphatic carbocycles. The molecule has 160 valence electrons. The van der Waals surface area contributed by atoms with E-state index < -0.39 is 5.91 Å². The summed E-state index contributed by atoms with van der Waals surface area (Å²) < 4.78 is 5.33. The van der Waals surface area contributed by atoms with Gasteiger partial charge in [-0.05, 0) is 31.0 Å². The van der Waals surface area contributed by atoms with Crippen LogP contribution in [-0.4, -0.2) is 45.3 Å². The van der Waals surface area contributed by atoms with E-state index in [2.05, 4.69) is 30.9 Å². The van der Waals surface area contributed by atoms with Crippen LogP contribution in [0.1, 0.15) is 46.7 Å². The lowest BCUT2D eigenvalue weighted by atomic mass is 10.1. The number of H-pyrrole nitrogens is 1. The average molecular weight is 422 g/mol. The van der Waals surface area contributed by atoms with Gasteiger partial charge in [0.25, 0.3) is 17.7 Å². The lowest BCUT2D eigenvalue weighted by molar-refractivity contribution is -0.118. The number of fused-ring (bicyclic) bond motifs is 2. The molecular weight excluding hydrogens is 400 g/mol. The van der Waals surface area contributed by atoms with Gasteiger partial charge in [0.1, 0.15) is 17.6 Å². The second-order valence-electron chi connectivity index (χ2n) is 7.28. The van der Waals surface area contributed by atoms with Crippen molar-refractivity contribution in [1.82, 2.24) is 25.6 Å². The number of anilines is 1. The van der Waals surface area contributed by atoms with Gasteiger partial charge in [-0.2, -0.15) is 0 Å². The smallest absolute Gasteiger partial charge is 0.272 e. The summed E-state index contributed by atoms with van der Waals surface area (Å²) in [4.78, 5) is 47.9. The van der Waals surface area contributed by atoms with Crippen LogP contribution in [0.4, 0.5) is 5.69 Å². The molecule has 1 aromatic carbocycles. The van der Waals surface area contributed by atoms with E-state index >= 15 is 0 Å². The minimum Gasteiger partial charge on any atom is -0.482 e. The normalized spacial score (nSPS) is 13.7. The Kier molecular flexibility index (Phi) is 5.52. The van der Waals surface area contributed by atoms with Gasteiger partial charge in [-0.15, -0.1) is 0 Å². The fourth-order valence-electron chi connectivity index (χ4n) is 3.19. The Morgan fingerprint density at radius 2 is 2.10 bits per heavy atom. The highest BCUT2D eigenvalue weighted by molar-refractivity contribution is 6.10. The Bertz CT molecular complexity index is 1170. The highest BCUT2D eigenvalue weighted by Gasteiger charge is 2.21. The van der Waals surface area contributed by atoms with E-state index in [1.807, 2.05) is 13.8 Å². The van der Waals surface area contributed by atoms with E-state index in [-0.39, 0.29) is 36.7 Å². The first kappa shape index (κ1) is 20.3. The van der Waals surface area contributed by atoms with Gasteiger partial charge in [0.2, 0.25) is 0 Å². The first-order valence-corrected chi connectivity index (χ1v) is 9.93. The lowest BCUT2D eigenvalue weighted by Crippen LogP contribution is -2.31. The van der Waals surface area contributed by atoms with E-state index in [9.17, 15) is 14.4 Å². The van der Waals surface area contributed by atoms with E-state index in [1.165, 1.54) is 12.5 Å². The topological polar surface area (TPSA) is 138 Å². The van der Waals surface area contributed by atoms with E-state index in [1.54, 1.807) is 18.2 Å². The third kappa shape index (κ3) is 4.18. The monoisotopic (exact) mass is 422 g/mol. The van der Waals surface area contributed by atoms with Crippen molar-refractivity contribution in [3.8, 4) is 5.75 Å². The zero-order valence-corrected chi connectivity index (χ0v) is 17.1. The Labute approximate surface area is 177 Å². The second kappa shape index (κ2) is 8.42. The van der Waals surface area contributed by atoms with Crippen LogP contribution in [0, 0.1) is 0 Å². The van der Waals surface area contributed by atoms with Crippen LogP contribution < -0.4 is 20.7 Å². The molecule has 10 heteroatoms. The number of ether oxygens (including phenoxy) is 1. The Hall–Kier alpha value is -3.95. The van der Waals surface area contributed by atoms with Crippen molar-refractivity contribution >= 4 is 34.4 Å². The first-order chi connectivity index (χ1) is 15.0. The van der Waals surface area contributed by atoms with Crippen molar-refractivity contribution in [3.05, 3.63) is 47.5 Å². The number of aromatic nitrogens is 3. The highest BCUT2D eigenvalue weighted by Crippen LogP contribution is 2.28. The molecule has 0 unspecified atom stereocenters. The minimum absolute atomic E-state index is 0.0136. The number of carbonyl (C=O) groups excluding carboxylic acids is 3. The molecule has 4 rings (SSSR count). The molecule has 0 fully saturated rings. The van der Waals surface area contributed by atoms with Crippen LogP contribution in [0.25, 0.3) is 11.0 Å². The van der Waals surface area contributed by atoms with Gasteiger partial charge in [0, 0.05) is 18.8 Å². The summed E-state index contributed by atoms with van der Waals surface area (Å²) in [5, 5.41) is 8.42. The van der Waals surface area contributed by atoms with E-state index in [0.29, 0.717) is 28.0 Å². The Morgan fingerprint density at radius 1 is 1.26 bits per heavy atom. The zero-order valence-electron chi connectivity index (χ0n) is 17.1. The first-order valence-electron chi connectivity index (χ1n) is 9.93. The van der Waals surface area contributed by atoms with Crippen molar-refractivity contribution in [3.63, 3.8) is 0 Å². The van der Waals surface area contributed by atoms with Crippen LogP contribution in [0.5, 0.6) is 5.75 Å². The van der Waals surface area contributed by atoms with Crippen molar-refractivity contribution in [2.45, 2.75) is 32.9 Å². The maximum absolute atomic E-state index is 12.8. The molecule has 1 aliphatic heterocycles. The molecule has 0 saturated carbocycles. The highest BCUT2D eigenvalue weighted by atomic mass is 16.5. The summed E-state index contributed by atoms with van der Waals surface area (Å²) in [5.41, 5.74) is 2.62. The van der Waals surface area contributed by atoms with Crippen molar-refractivity contribution in [2.24, 2.45) is 0 Å². The summed E-state index contributed by atoms with van der Waals surface area (Å²) >= 11 is 0. The molecular formula is C21H22N6O4. The number of hydrogen-bond acceptors (Lipinski definition) is 6. The molecule has 3 amide bonds. The Balaban J connectivity index is 1.50. The van der Waals surface area contributed by atoms with Crippen molar-refractivity contribution in [1.29, 1.82) is 0 Å². The number of rotatable bonds is 6. The van der Waals surface area contributed by atoms with Gasteiger partial charge in [-0.3, -0.25) is 14.4 Å². The molecule has 3 heterocycles. The average Bonchev–Trinajstić information content (AvgIpc) is 3.21. The van der Waals surface area contributed by atoms with E-state index in [4.69, 9.17) is 4.74 Å². The number of carbonyl (C=O) groups is 3. The summed E-state index contributed by atoms with van der Waals surface area (Å²) in [6.45, 7) is 4.10. The summed E-state index contributed by atoms with van der Waals surface area (Å²) in [6, 6.07) is 5.31. The van der Waals surface area contributed by atoms with E-state index in [0.717, 1.165) is 12.0 Å². The summed E-state index contributed by atoms with van der Waals surface area (Å²) in [6.07, 6.45) is 3.59. The fourth-order valence-corrected chi connectivity index (χ4v) is 3.19. The maximum atomic E-state index is 12.8. The second-order valence-corrected chi connectivity index (χ2v) is 7.28. The molecule has 0 spiro atoms. The molecule has 1 atom stereocenters. The number of benzene rings is 1. The maximum Gasteiger partial charge on any atom is 0.272 e. The van der Waals surface area contributed by atoms with Crippen LogP contribution in [-0.2, 0) is 11.3 Å². The van der Waals surface area contributed by atoms with Gasteiger partial charge in [-0.25, -0.2) is 9.97 Å². The molecule has 0 saturated heterocycles.